The Bertz CT molecular complexity index is 1390. The highest BCUT2D eigenvalue weighted by Crippen LogP contribution is 2.82. The highest BCUT2D eigenvalue weighted by Gasteiger charge is 2.92. The number of aliphatic hydroxyl groups excluding tert-OH is 4. The molecule has 2 aliphatic heterocycles. The summed E-state index contributed by atoms with van der Waals surface area (Å²) in [5.41, 5.74) is -5.70. The maximum atomic E-state index is 14.8. The van der Waals surface area contributed by atoms with Crippen LogP contribution < -0.4 is 0 Å². The Balaban J connectivity index is 1.40. The summed E-state index contributed by atoms with van der Waals surface area (Å²) in [5, 5.41) is 48.4. The van der Waals surface area contributed by atoms with Crippen molar-refractivity contribution < 1.29 is 53.4 Å². The zero-order chi connectivity index (χ0) is 31.9. The van der Waals surface area contributed by atoms with Gasteiger partial charge in [-0.25, -0.2) is 0 Å². The minimum absolute atomic E-state index is 0.0245. The molecule has 4 aliphatic carbocycles. The Hall–Kier alpha value is -2.15. The third kappa shape index (κ3) is 3.08. The van der Waals surface area contributed by atoms with Crippen LogP contribution in [0.4, 0.5) is 0 Å². The van der Waals surface area contributed by atoms with Gasteiger partial charge in [-0.1, -0.05) is 34.6 Å². The van der Waals surface area contributed by atoms with Crippen LogP contribution in [0, 0.1) is 45.3 Å². The molecular weight excluding hydrogens is 572 g/mol. The Labute approximate surface area is 256 Å². The summed E-state index contributed by atoms with van der Waals surface area (Å²) in [6, 6.07) is 1.82. The van der Waals surface area contributed by atoms with Gasteiger partial charge >= 0.3 is 5.97 Å². The lowest BCUT2D eigenvalue weighted by Gasteiger charge is -2.73. The van der Waals surface area contributed by atoms with Crippen LogP contribution in [0.1, 0.15) is 72.3 Å². The van der Waals surface area contributed by atoms with E-state index in [1.54, 1.807) is 33.3 Å². The first-order valence-electron chi connectivity index (χ1n) is 15.9. The predicted molar refractivity (Wildman–Crippen MR) is 151 cm³/mol. The molecule has 1 spiro atoms. The van der Waals surface area contributed by atoms with Gasteiger partial charge in [0.05, 0.1) is 60.8 Å². The minimum Gasteiger partial charge on any atom is -0.472 e. The zero-order valence-corrected chi connectivity index (χ0v) is 26.1. The zero-order valence-electron chi connectivity index (χ0n) is 26.1. The summed E-state index contributed by atoms with van der Waals surface area (Å²) in [5.74, 6) is -5.66. The van der Waals surface area contributed by atoms with Crippen molar-refractivity contribution in [2.24, 2.45) is 45.3 Å². The molecule has 4 saturated carbocycles. The van der Waals surface area contributed by atoms with Gasteiger partial charge in [0.25, 0.3) is 0 Å². The summed E-state index contributed by atoms with van der Waals surface area (Å²) in [4.78, 5) is 41.0. The van der Waals surface area contributed by atoms with Gasteiger partial charge in [0.2, 0.25) is 6.29 Å². The summed E-state index contributed by atoms with van der Waals surface area (Å²) in [6.07, 6.45) is -3.21. The number of furan rings is 1. The lowest BCUT2D eigenvalue weighted by atomic mass is 9.32. The molecule has 6 aliphatic rings. The second kappa shape index (κ2) is 9.23. The second-order valence-corrected chi connectivity index (χ2v) is 15.2. The first-order chi connectivity index (χ1) is 20.6. The van der Waals surface area contributed by atoms with Crippen molar-refractivity contribution in [3.8, 4) is 0 Å². The molecule has 3 heterocycles. The summed E-state index contributed by atoms with van der Waals surface area (Å²) < 4.78 is 24.0. The molecule has 2 saturated heterocycles. The highest BCUT2D eigenvalue weighted by atomic mass is 16.7. The van der Waals surface area contributed by atoms with Crippen LogP contribution in [0.25, 0.3) is 0 Å². The van der Waals surface area contributed by atoms with Crippen LogP contribution in [-0.2, 0) is 28.6 Å². The molecule has 4 N–H and O–H groups in total. The Morgan fingerprint density at radius 1 is 1.09 bits per heavy atom. The molecule has 0 amide bonds. The van der Waals surface area contributed by atoms with Crippen molar-refractivity contribution in [2.45, 2.75) is 109 Å². The monoisotopic (exact) mass is 616 g/mol. The number of carbonyl (C=O) groups excluding carboxylic acids is 3. The Kier molecular flexibility index (Phi) is 6.40. The molecule has 0 unspecified atom stereocenters. The normalized spacial score (nSPS) is 54.4. The number of aliphatic hydroxyl groups is 4. The molecule has 0 aromatic carbocycles. The molecule has 242 valence electrons. The maximum Gasteiger partial charge on any atom is 0.310 e. The average molecular weight is 617 g/mol. The maximum absolute atomic E-state index is 14.8. The molecule has 1 aromatic heterocycles. The van der Waals surface area contributed by atoms with E-state index in [4.69, 9.17) is 18.6 Å². The first kappa shape index (κ1) is 30.5. The van der Waals surface area contributed by atoms with Crippen molar-refractivity contribution in [1.29, 1.82) is 0 Å². The third-order valence-corrected chi connectivity index (χ3v) is 13.8. The van der Waals surface area contributed by atoms with Crippen LogP contribution >= 0.6 is 0 Å². The number of epoxide rings is 1. The SMILES string of the molecule is CC[C@@H](C)C(=O)O[C@@H]1OC[C@@]23[C@H]4C(=O)[C@H](O)[C@@]5(C)[C@H](c6ccoc6)C[C@H]6O[C@]65[C@]4(C)[C@H](O)C[C@H]2[C@]1(C)[C@H](O)[C@H](C(C)=O)[C@@H]3O. The average Bonchev–Trinajstić information content (AvgIpc) is 3.34. The summed E-state index contributed by atoms with van der Waals surface area (Å²) >= 11 is 0. The van der Waals surface area contributed by atoms with Crippen LogP contribution in [0.5, 0.6) is 0 Å². The van der Waals surface area contributed by atoms with Crippen LogP contribution in [0.15, 0.2) is 23.0 Å². The summed E-state index contributed by atoms with van der Waals surface area (Å²) in [7, 11) is 0. The molecule has 7 rings (SSSR count). The fourth-order valence-corrected chi connectivity index (χ4v) is 11.4. The van der Waals surface area contributed by atoms with Crippen molar-refractivity contribution in [3.05, 3.63) is 24.2 Å². The van der Waals surface area contributed by atoms with E-state index in [1.165, 1.54) is 6.92 Å². The van der Waals surface area contributed by atoms with Gasteiger partial charge in [0, 0.05) is 28.1 Å². The second-order valence-electron chi connectivity index (χ2n) is 15.2. The van der Waals surface area contributed by atoms with Gasteiger partial charge in [-0.15, -0.1) is 0 Å². The molecule has 6 fully saturated rings. The quantitative estimate of drug-likeness (QED) is 0.280. The lowest BCUT2D eigenvalue weighted by Crippen LogP contribution is -2.83. The van der Waals surface area contributed by atoms with Crippen molar-refractivity contribution in [3.63, 3.8) is 0 Å². The van der Waals surface area contributed by atoms with E-state index in [0.29, 0.717) is 12.8 Å². The number of hydrogen-bond donors (Lipinski definition) is 4. The van der Waals surface area contributed by atoms with Crippen LogP contribution in [0.2, 0.25) is 0 Å². The van der Waals surface area contributed by atoms with Crippen LogP contribution in [-0.4, -0.2) is 87.0 Å². The van der Waals surface area contributed by atoms with Gasteiger partial charge in [-0.3, -0.25) is 14.4 Å². The van der Waals surface area contributed by atoms with Crippen molar-refractivity contribution in [2.75, 3.05) is 6.61 Å². The van der Waals surface area contributed by atoms with E-state index < -0.39 is 99.2 Å². The van der Waals surface area contributed by atoms with Gasteiger partial charge in [-0.2, -0.15) is 0 Å². The van der Waals surface area contributed by atoms with E-state index in [0.717, 1.165) is 5.56 Å². The summed E-state index contributed by atoms with van der Waals surface area (Å²) in [6.45, 7) is 9.85. The molecule has 0 radical (unpaired) electrons. The predicted octanol–water partition coefficient (Wildman–Crippen LogP) is 1.74. The number of hydrogen-bond acceptors (Lipinski definition) is 11. The number of Topliss-reactive ketones (excluding diaryl/α,β-unsaturated/α-hetero) is 2. The standard InChI is InChI=1S/C33H44O11/c1-7-14(2)27(40)43-28-29(4)18-11-19(35)31(6)23(32(18,13-42-28)25(38)21(15(3)34)24(29)37)22(36)26(39)30(5)17(16-8-9-41-12-16)10-20-33(30,31)44-20/h8-9,12,14,17-21,23-26,28,35,37-39H,7,10-11,13H2,1-6H3/t14-,17+,18+,19-,20-,21+,23+,24-,25+,26+,28+,29-,30-,31-,32+,33-/m1/s1. The molecular formula is C33H44O11. The van der Waals surface area contributed by atoms with Crippen molar-refractivity contribution >= 4 is 17.5 Å². The first-order valence-corrected chi connectivity index (χ1v) is 15.9. The van der Waals surface area contributed by atoms with E-state index in [-0.39, 0.29) is 25.0 Å². The van der Waals surface area contributed by atoms with E-state index >= 15 is 0 Å². The van der Waals surface area contributed by atoms with Gasteiger partial charge in [0.1, 0.15) is 17.5 Å². The van der Waals surface area contributed by atoms with Gasteiger partial charge in [0.15, 0.2) is 5.78 Å². The molecule has 11 heteroatoms. The molecule has 1 aromatic rings. The topological polar surface area (TPSA) is 176 Å². The smallest absolute Gasteiger partial charge is 0.310 e. The van der Waals surface area contributed by atoms with E-state index in [2.05, 4.69) is 0 Å². The third-order valence-electron chi connectivity index (χ3n) is 13.8. The van der Waals surface area contributed by atoms with E-state index in [9.17, 15) is 34.8 Å². The molecule has 16 atom stereocenters. The number of fused-ring (bicyclic) bond motifs is 1. The molecule has 44 heavy (non-hydrogen) atoms. The number of rotatable bonds is 5. The largest absolute Gasteiger partial charge is 0.472 e. The number of carbonyl (C=O) groups is 3. The van der Waals surface area contributed by atoms with Gasteiger partial charge in [-0.05, 0) is 43.7 Å². The van der Waals surface area contributed by atoms with Gasteiger partial charge < -0.3 is 39.1 Å². The lowest BCUT2D eigenvalue weighted by molar-refractivity contribution is -0.382. The Morgan fingerprint density at radius 3 is 2.41 bits per heavy atom. The molecule has 11 nitrogen and oxygen atoms in total. The van der Waals surface area contributed by atoms with E-state index in [1.807, 2.05) is 19.9 Å². The fraction of sp³-hybridized carbons (Fsp3) is 0.788. The number of ether oxygens (including phenoxy) is 3. The van der Waals surface area contributed by atoms with Crippen LogP contribution in [0.3, 0.4) is 0 Å². The highest BCUT2D eigenvalue weighted by molar-refractivity contribution is 5.91. The van der Waals surface area contributed by atoms with Crippen molar-refractivity contribution in [1.82, 2.24) is 0 Å². The molecule has 2 bridgehead atoms. The Morgan fingerprint density at radius 2 is 1.80 bits per heavy atom. The fourth-order valence-electron chi connectivity index (χ4n) is 11.4. The number of esters is 1. The minimum atomic E-state index is -1.55. The number of ketones is 2.